The molecule has 1 fully saturated rings. The second kappa shape index (κ2) is 11.8. The van der Waals surface area contributed by atoms with E-state index in [2.05, 4.69) is 58.1 Å². The predicted molar refractivity (Wildman–Crippen MR) is 158 cm³/mol. The Balaban J connectivity index is 1.76. The monoisotopic (exact) mass is 549 g/mol. The number of carbonyl (C=O) groups is 1. The second-order valence-corrected chi connectivity index (χ2v) is 9.90. The van der Waals surface area contributed by atoms with Crippen LogP contribution < -0.4 is 32.0 Å². The van der Waals surface area contributed by atoms with Crippen LogP contribution in [0.3, 0.4) is 0 Å². The first-order valence-corrected chi connectivity index (χ1v) is 12.8. The number of aromatic nitrogens is 2. The second-order valence-electron chi connectivity index (χ2n) is 9.90. The Morgan fingerprint density at radius 2 is 1.93 bits per heavy atom. The smallest absolute Gasteiger partial charge is 0.247 e. The van der Waals surface area contributed by atoms with Gasteiger partial charge in [-0.15, -0.1) is 0 Å². The molecule has 2 aromatic carbocycles. The fraction of sp³-hybridized carbons (Fsp3) is 0.321. The maximum atomic E-state index is 14.9. The lowest BCUT2D eigenvalue weighted by Crippen LogP contribution is -2.55. The first kappa shape index (κ1) is 28.6. The highest BCUT2D eigenvalue weighted by molar-refractivity contribution is 6.03. The number of rotatable bonds is 7. The molecule has 1 aromatic heterocycles. The quantitative estimate of drug-likeness (QED) is 0.116. The van der Waals surface area contributed by atoms with Gasteiger partial charge in [-0.3, -0.25) is 14.4 Å². The largest absolute Gasteiger partial charge is 0.494 e. The maximum absolute atomic E-state index is 14.9. The number of benzene rings is 2. The number of hydrogen-bond donors (Lipinski definition) is 4. The van der Waals surface area contributed by atoms with E-state index in [1.165, 1.54) is 25.3 Å². The van der Waals surface area contributed by atoms with E-state index in [1.54, 1.807) is 30.1 Å². The van der Waals surface area contributed by atoms with Crippen molar-refractivity contribution in [2.75, 3.05) is 37.5 Å². The molecule has 4 rings (SSSR count). The summed E-state index contributed by atoms with van der Waals surface area (Å²) in [7, 11) is 5.37. The summed E-state index contributed by atoms with van der Waals surface area (Å²) in [6, 6.07) is 7.12. The number of fused-ring (bicyclic) bond motifs is 1. The molecule has 2 heterocycles. The summed E-state index contributed by atoms with van der Waals surface area (Å²) < 4.78 is 22.2. The molecular formula is C28H36FN9O2. The van der Waals surface area contributed by atoms with Crippen molar-refractivity contribution in [3.63, 3.8) is 0 Å². The van der Waals surface area contributed by atoms with E-state index in [0.717, 1.165) is 24.2 Å². The van der Waals surface area contributed by atoms with Gasteiger partial charge >= 0.3 is 0 Å². The molecule has 212 valence electrons. The summed E-state index contributed by atoms with van der Waals surface area (Å²) in [5.74, 6) is 5.51. The Labute approximate surface area is 232 Å². The summed E-state index contributed by atoms with van der Waals surface area (Å²) >= 11 is 0. The topological polar surface area (TPSA) is 139 Å². The molecule has 0 bridgehead atoms. The van der Waals surface area contributed by atoms with Crippen molar-refractivity contribution >= 4 is 45.4 Å². The molecule has 1 amide bonds. The minimum absolute atomic E-state index is 0.108. The minimum atomic E-state index is -0.506. The summed E-state index contributed by atoms with van der Waals surface area (Å²) in [4.78, 5) is 21.5. The van der Waals surface area contributed by atoms with E-state index in [4.69, 9.17) is 16.3 Å². The number of nitrogens with two attached hydrogens (primary N) is 2. The van der Waals surface area contributed by atoms with Gasteiger partial charge in [-0.25, -0.2) is 15.2 Å². The van der Waals surface area contributed by atoms with E-state index in [-0.39, 0.29) is 23.0 Å². The molecule has 0 radical (unpaired) electrons. The van der Waals surface area contributed by atoms with Gasteiger partial charge in [-0.1, -0.05) is 6.58 Å². The third kappa shape index (κ3) is 5.77. The van der Waals surface area contributed by atoms with Gasteiger partial charge in [-0.2, -0.15) is 5.10 Å². The molecule has 12 heteroatoms. The number of carbonyl (C=O) groups excluding carboxylic acids is 1. The molecule has 0 spiro atoms. The summed E-state index contributed by atoms with van der Waals surface area (Å²) in [6.07, 6.45) is 4.27. The van der Waals surface area contributed by atoms with Crippen LogP contribution in [0.4, 0.5) is 21.5 Å². The zero-order valence-electron chi connectivity index (χ0n) is 23.4. The van der Waals surface area contributed by atoms with Crippen molar-refractivity contribution in [2.45, 2.75) is 25.9 Å². The molecule has 1 aliphatic rings. The van der Waals surface area contributed by atoms with Crippen LogP contribution in [0.2, 0.25) is 0 Å². The average Bonchev–Trinajstić information content (AvgIpc) is 3.29. The summed E-state index contributed by atoms with van der Waals surface area (Å²) in [5, 5.41) is 7.78. The van der Waals surface area contributed by atoms with Gasteiger partial charge in [0.15, 0.2) is 0 Å². The van der Waals surface area contributed by atoms with Crippen LogP contribution >= 0.6 is 0 Å². The van der Waals surface area contributed by atoms with Crippen LogP contribution in [0.5, 0.6) is 5.75 Å². The number of aryl methyl sites for hydroxylation is 1. The lowest BCUT2D eigenvalue weighted by Gasteiger charge is -2.44. The fourth-order valence-electron chi connectivity index (χ4n) is 4.81. The molecule has 0 saturated carbocycles. The summed E-state index contributed by atoms with van der Waals surface area (Å²) in [5.41, 5.74) is 11.4. The van der Waals surface area contributed by atoms with Crippen molar-refractivity contribution in [2.24, 2.45) is 23.6 Å². The van der Waals surface area contributed by atoms with Gasteiger partial charge in [0.25, 0.3) is 0 Å². The van der Waals surface area contributed by atoms with Gasteiger partial charge in [0.1, 0.15) is 23.1 Å². The van der Waals surface area contributed by atoms with Gasteiger partial charge in [0.2, 0.25) is 5.91 Å². The average molecular weight is 550 g/mol. The first-order chi connectivity index (χ1) is 19.1. The molecule has 2 atom stereocenters. The molecule has 3 aromatic rings. The number of amidine groups is 1. The lowest BCUT2D eigenvalue weighted by atomic mass is 10.1. The Kier molecular flexibility index (Phi) is 8.40. The van der Waals surface area contributed by atoms with Gasteiger partial charge in [0.05, 0.1) is 30.2 Å². The number of hydrogen-bond acceptors (Lipinski definition) is 8. The van der Waals surface area contributed by atoms with Crippen molar-refractivity contribution in [1.29, 1.82) is 0 Å². The number of anilines is 2. The normalized spacial score (nSPS) is 18.6. The number of amides is 1. The van der Waals surface area contributed by atoms with Crippen LogP contribution in [0, 0.1) is 5.82 Å². The van der Waals surface area contributed by atoms with E-state index >= 15 is 0 Å². The highest BCUT2D eigenvalue weighted by atomic mass is 19.1. The van der Waals surface area contributed by atoms with Crippen molar-refractivity contribution in [3.05, 3.63) is 60.6 Å². The third-order valence-electron chi connectivity index (χ3n) is 7.27. The van der Waals surface area contributed by atoms with Crippen LogP contribution in [0.15, 0.2) is 54.2 Å². The first-order valence-electron chi connectivity index (χ1n) is 12.8. The number of aliphatic imine (C=N–C) groups is 1. The van der Waals surface area contributed by atoms with Gasteiger partial charge < -0.3 is 26.1 Å². The fourth-order valence-corrected chi connectivity index (χ4v) is 4.81. The highest BCUT2D eigenvalue weighted by Gasteiger charge is 2.29. The number of ether oxygens (including phenoxy) is 1. The highest BCUT2D eigenvalue weighted by Crippen LogP contribution is 2.40. The maximum Gasteiger partial charge on any atom is 0.247 e. The molecule has 0 aliphatic carbocycles. The van der Waals surface area contributed by atoms with E-state index < -0.39 is 5.82 Å². The number of likely N-dealkylation sites (N-methyl/N-ethyl adjacent to an activating group) is 1. The van der Waals surface area contributed by atoms with Crippen LogP contribution in [-0.2, 0) is 11.8 Å². The minimum Gasteiger partial charge on any atom is -0.494 e. The summed E-state index contributed by atoms with van der Waals surface area (Å²) in [6.45, 7) is 9.40. The molecule has 6 N–H and O–H groups in total. The number of nitrogens with one attached hydrogen (secondary N) is 2. The number of halogens is 1. The van der Waals surface area contributed by atoms with Crippen LogP contribution in [0.25, 0.3) is 16.6 Å². The Morgan fingerprint density at radius 1 is 1.23 bits per heavy atom. The van der Waals surface area contributed by atoms with Crippen LogP contribution in [0.1, 0.15) is 19.4 Å². The molecular weight excluding hydrogens is 513 g/mol. The molecule has 11 nitrogen and oxygen atoms in total. The van der Waals surface area contributed by atoms with Gasteiger partial charge in [0, 0.05) is 67.1 Å². The standard InChI is InChI=1S/C28H36FN9O2/c1-7-28(39)34-22-11-23(26(40-6)12-25(22)38-14-16(2)36(4)17(3)15-38)33-27(35-31)10-21(30)19-8-18-13-32-37(5)24(18)9-20(19)29/h7-13,16-17H,1,14-15,30-31H2,2-6H3,(H,33,35)(H,34,39)/t16-,17+. The lowest BCUT2D eigenvalue weighted by molar-refractivity contribution is -0.111. The molecule has 0 unspecified atom stereocenters. The van der Waals surface area contributed by atoms with E-state index in [9.17, 15) is 9.18 Å². The SMILES string of the molecule is C=CC(=O)Nc1cc(N=C(C=C(N)c2cc3cnn(C)c3cc2F)NN)c(OC)cc1N1C[C@@H](C)N(C)[C@@H](C)C1. The zero-order valence-corrected chi connectivity index (χ0v) is 23.4. The van der Waals surface area contributed by atoms with Gasteiger partial charge in [-0.05, 0) is 39.1 Å². The Morgan fingerprint density at radius 3 is 2.55 bits per heavy atom. The van der Waals surface area contributed by atoms with E-state index in [0.29, 0.717) is 34.7 Å². The third-order valence-corrected chi connectivity index (χ3v) is 7.27. The molecule has 1 aliphatic heterocycles. The van der Waals surface area contributed by atoms with Crippen molar-refractivity contribution in [1.82, 2.24) is 20.1 Å². The van der Waals surface area contributed by atoms with E-state index in [1.807, 2.05) is 6.07 Å². The van der Waals surface area contributed by atoms with Crippen molar-refractivity contribution in [3.8, 4) is 5.75 Å². The van der Waals surface area contributed by atoms with Crippen molar-refractivity contribution < 1.29 is 13.9 Å². The molecule has 1 saturated heterocycles. The number of hydrazine groups is 1. The Hall–Kier alpha value is -4.42. The predicted octanol–water partition coefficient (Wildman–Crippen LogP) is 2.87. The van der Waals surface area contributed by atoms with Crippen LogP contribution in [-0.4, -0.2) is 65.8 Å². The zero-order chi connectivity index (χ0) is 29.1. The molecule has 40 heavy (non-hydrogen) atoms. The number of nitrogens with zero attached hydrogens (tertiary/aromatic N) is 5. The number of methoxy groups -OCH3 is 1. The number of piperazine rings is 1. The Bertz CT molecular complexity index is 1480.